The second-order valence-electron chi connectivity index (χ2n) is 6.49. The van der Waals surface area contributed by atoms with Gasteiger partial charge in [-0.2, -0.15) is 11.8 Å². The van der Waals surface area contributed by atoms with Crippen LogP contribution in [-0.4, -0.2) is 48.0 Å². The van der Waals surface area contributed by atoms with Gasteiger partial charge in [-0.25, -0.2) is 4.79 Å². The quantitative estimate of drug-likeness (QED) is 0.691. The average molecular weight is 366 g/mol. The summed E-state index contributed by atoms with van der Waals surface area (Å²) in [5.41, 5.74) is -0.114. The van der Waals surface area contributed by atoms with Gasteiger partial charge in [0, 0.05) is 5.56 Å². The summed E-state index contributed by atoms with van der Waals surface area (Å²) in [6, 6.07) is 7.99. The number of hydrogen-bond donors (Lipinski definition) is 2. The molecule has 0 fully saturated rings. The SMILES string of the molecule is CSCCC(NC(=O)OC(C)(C)C)C(=O)NCC(=O)c1ccccc1. The Balaban J connectivity index is 2.60. The van der Waals surface area contributed by atoms with E-state index in [1.807, 2.05) is 12.3 Å². The van der Waals surface area contributed by atoms with Crippen molar-refractivity contribution in [3.63, 3.8) is 0 Å². The molecule has 138 valence electrons. The molecule has 0 aliphatic heterocycles. The third-order valence-electron chi connectivity index (χ3n) is 3.14. The van der Waals surface area contributed by atoms with E-state index in [2.05, 4.69) is 10.6 Å². The minimum absolute atomic E-state index is 0.116. The third kappa shape index (κ3) is 8.58. The zero-order valence-electron chi connectivity index (χ0n) is 15.1. The van der Waals surface area contributed by atoms with Crippen molar-refractivity contribution in [1.29, 1.82) is 0 Å². The van der Waals surface area contributed by atoms with Crippen LogP contribution in [-0.2, 0) is 9.53 Å². The molecule has 1 aromatic rings. The smallest absolute Gasteiger partial charge is 0.408 e. The van der Waals surface area contributed by atoms with Crippen LogP contribution >= 0.6 is 11.8 Å². The Hall–Kier alpha value is -2.02. The standard InChI is InChI=1S/C18H26N2O4S/c1-18(2,3)24-17(23)20-14(10-11-25-4)16(22)19-12-15(21)13-8-6-5-7-9-13/h5-9,14H,10-12H2,1-4H3,(H,19,22)(H,20,23). The molecular weight excluding hydrogens is 340 g/mol. The van der Waals surface area contributed by atoms with E-state index in [4.69, 9.17) is 4.74 Å². The molecule has 2 N–H and O–H groups in total. The summed E-state index contributed by atoms with van der Waals surface area (Å²) in [5, 5.41) is 5.16. The molecule has 1 unspecified atom stereocenters. The van der Waals surface area contributed by atoms with Gasteiger partial charge < -0.3 is 15.4 Å². The third-order valence-corrected chi connectivity index (χ3v) is 3.78. The lowest BCUT2D eigenvalue weighted by Gasteiger charge is -2.23. The van der Waals surface area contributed by atoms with Crippen molar-refractivity contribution in [2.45, 2.75) is 38.8 Å². The maximum atomic E-state index is 12.3. The van der Waals surface area contributed by atoms with Crippen LogP contribution in [0.5, 0.6) is 0 Å². The first-order valence-corrected chi connectivity index (χ1v) is 9.46. The molecule has 0 aromatic heterocycles. The molecule has 1 aromatic carbocycles. The van der Waals surface area contributed by atoms with Crippen molar-refractivity contribution in [2.75, 3.05) is 18.6 Å². The Morgan fingerprint density at radius 3 is 2.36 bits per heavy atom. The van der Waals surface area contributed by atoms with Crippen molar-refractivity contribution in [3.8, 4) is 0 Å². The molecule has 0 heterocycles. The number of alkyl carbamates (subject to hydrolysis) is 1. The van der Waals surface area contributed by atoms with Crippen LogP contribution in [0.3, 0.4) is 0 Å². The minimum Gasteiger partial charge on any atom is -0.444 e. The van der Waals surface area contributed by atoms with Gasteiger partial charge >= 0.3 is 6.09 Å². The van der Waals surface area contributed by atoms with Crippen LogP contribution in [0.2, 0.25) is 0 Å². The van der Waals surface area contributed by atoms with E-state index in [1.165, 1.54) is 0 Å². The van der Waals surface area contributed by atoms with E-state index in [1.54, 1.807) is 56.8 Å². The van der Waals surface area contributed by atoms with E-state index in [0.717, 1.165) is 0 Å². The fourth-order valence-electron chi connectivity index (χ4n) is 1.97. The summed E-state index contributed by atoms with van der Waals surface area (Å²) < 4.78 is 5.19. The molecule has 1 atom stereocenters. The fraction of sp³-hybridized carbons (Fsp3) is 0.500. The van der Waals surface area contributed by atoms with Crippen LogP contribution in [0, 0.1) is 0 Å². The summed E-state index contributed by atoms with van der Waals surface area (Å²) in [6.07, 6.45) is 1.72. The first kappa shape index (κ1) is 21.0. The van der Waals surface area contributed by atoms with Crippen molar-refractivity contribution >= 4 is 29.5 Å². The molecular formula is C18H26N2O4S. The molecule has 0 radical (unpaired) electrons. The second-order valence-corrected chi connectivity index (χ2v) is 7.47. The number of benzene rings is 1. The monoisotopic (exact) mass is 366 g/mol. The molecule has 1 rings (SSSR count). The van der Waals surface area contributed by atoms with Gasteiger partial charge in [0.15, 0.2) is 5.78 Å². The molecule has 0 aliphatic rings. The van der Waals surface area contributed by atoms with Crippen LogP contribution in [0.1, 0.15) is 37.6 Å². The highest BCUT2D eigenvalue weighted by Crippen LogP contribution is 2.08. The Labute approximate surface area is 153 Å². The summed E-state index contributed by atoms with van der Waals surface area (Å²) in [5.74, 6) is 0.111. The normalized spacial score (nSPS) is 12.2. The maximum absolute atomic E-state index is 12.3. The first-order chi connectivity index (χ1) is 11.7. The van der Waals surface area contributed by atoms with Crippen molar-refractivity contribution in [2.24, 2.45) is 0 Å². The fourth-order valence-corrected chi connectivity index (χ4v) is 2.44. The molecule has 6 nitrogen and oxygen atoms in total. The number of amides is 2. The van der Waals surface area contributed by atoms with Gasteiger partial charge in [0.25, 0.3) is 0 Å². The van der Waals surface area contributed by atoms with E-state index in [0.29, 0.717) is 17.7 Å². The van der Waals surface area contributed by atoms with Gasteiger partial charge in [0.1, 0.15) is 11.6 Å². The number of thioether (sulfide) groups is 1. The average Bonchev–Trinajstić information content (AvgIpc) is 2.55. The van der Waals surface area contributed by atoms with E-state index < -0.39 is 23.6 Å². The maximum Gasteiger partial charge on any atom is 0.408 e. The van der Waals surface area contributed by atoms with Gasteiger partial charge in [-0.1, -0.05) is 30.3 Å². The lowest BCUT2D eigenvalue weighted by atomic mass is 10.1. The molecule has 2 amide bonds. The second kappa shape index (κ2) is 10.1. The van der Waals surface area contributed by atoms with Crippen molar-refractivity contribution < 1.29 is 19.1 Å². The number of carbonyl (C=O) groups excluding carboxylic acids is 3. The molecule has 7 heteroatoms. The summed E-state index contributed by atoms with van der Waals surface area (Å²) in [4.78, 5) is 36.3. The molecule has 0 saturated carbocycles. The topological polar surface area (TPSA) is 84.5 Å². The van der Waals surface area contributed by atoms with E-state index in [9.17, 15) is 14.4 Å². The lowest BCUT2D eigenvalue weighted by molar-refractivity contribution is -0.123. The predicted molar refractivity (Wildman–Crippen MR) is 99.9 cm³/mol. The number of rotatable bonds is 8. The van der Waals surface area contributed by atoms with Crippen LogP contribution in [0.4, 0.5) is 4.79 Å². The number of hydrogen-bond acceptors (Lipinski definition) is 5. The Morgan fingerprint density at radius 1 is 1.16 bits per heavy atom. The highest BCUT2D eigenvalue weighted by Gasteiger charge is 2.24. The van der Waals surface area contributed by atoms with Gasteiger partial charge in [0.2, 0.25) is 5.91 Å². The van der Waals surface area contributed by atoms with Crippen LogP contribution < -0.4 is 10.6 Å². The highest BCUT2D eigenvalue weighted by molar-refractivity contribution is 7.98. The van der Waals surface area contributed by atoms with Crippen molar-refractivity contribution in [1.82, 2.24) is 10.6 Å². The predicted octanol–water partition coefficient (Wildman–Crippen LogP) is 2.63. The number of carbonyl (C=O) groups is 3. The molecule has 0 aliphatic carbocycles. The van der Waals surface area contributed by atoms with Gasteiger partial charge in [-0.15, -0.1) is 0 Å². The van der Waals surface area contributed by atoms with Gasteiger partial charge in [-0.05, 0) is 39.2 Å². The van der Waals surface area contributed by atoms with Crippen LogP contribution in [0.15, 0.2) is 30.3 Å². The minimum atomic E-state index is -0.745. The largest absolute Gasteiger partial charge is 0.444 e. The Morgan fingerprint density at radius 2 is 1.80 bits per heavy atom. The Kier molecular flexibility index (Phi) is 8.48. The number of Topliss-reactive ketones (excluding diaryl/α,β-unsaturated/α-hetero) is 1. The summed E-state index contributed by atoms with van der Waals surface area (Å²) >= 11 is 1.57. The van der Waals surface area contributed by atoms with Crippen molar-refractivity contribution in [3.05, 3.63) is 35.9 Å². The number of ketones is 1. The lowest BCUT2D eigenvalue weighted by Crippen LogP contribution is -2.49. The van der Waals surface area contributed by atoms with E-state index in [-0.39, 0.29) is 12.3 Å². The highest BCUT2D eigenvalue weighted by atomic mass is 32.2. The van der Waals surface area contributed by atoms with Gasteiger partial charge in [-0.3, -0.25) is 9.59 Å². The zero-order chi connectivity index (χ0) is 18.9. The van der Waals surface area contributed by atoms with Crippen LogP contribution in [0.25, 0.3) is 0 Å². The number of nitrogens with one attached hydrogen (secondary N) is 2. The molecule has 0 bridgehead atoms. The Bertz CT molecular complexity index is 584. The molecule has 0 saturated heterocycles. The first-order valence-electron chi connectivity index (χ1n) is 8.07. The number of ether oxygens (including phenoxy) is 1. The summed E-state index contributed by atoms with van der Waals surface area (Å²) in [7, 11) is 0. The van der Waals surface area contributed by atoms with Gasteiger partial charge in [0.05, 0.1) is 6.54 Å². The van der Waals surface area contributed by atoms with E-state index >= 15 is 0 Å². The zero-order valence-corrected chi connectivity index (χ0v) is 15.9. The summed E-state index contributed by atoms with van der Waals surface area (Å²) in [6.45, 7) is 5.14. The molecule has 25 heavy (non-hydrogen) atoms. The molecule has 0 spiro atoms.